The molecule has 0 aliphatic rings. The molecule has 4 nitrogen and oxygen atoms in total. The summed E-state index contributed by atoms with van der Waals surface area (Å²) in [6, 6.07) is 4.44. The number of allylic oxidation sites excluding steroid dienone is 1. The lowest BCUT2D eigenvalue weighted by atomic mass is 10.0. The Morgan fingerprint density at radius 2 is 2.33 bits per heavy atom. The van der Waals surface area contributed by atoms with E-state index in [2.05, 4.69) is 26.1 Å². The molecule has 0 fully saturated rings. The molecule has 0 aliphatic heterocycles. The third kappa shape index (κ3) is 3.78. The lowest BCUT2D eigenvalue weighted by Gasteiger charge is -2.04. The molecular formula is C15H15BrFN3O. The van der Waals surface area contributed by atoms with Crippen molar-refractivity contribution in [3.63, 3.8) is 0 Å². The fourth-order valence-corrected chi connectivity index (χ4v) is 2.40. The van der Waals surface area contributed by atoms with E-state index >= 15 is 0 Å². The van der Waals surface area contributed by atoms with Gasteiger partial charge < -0.3 is 10.3 Å². The molecule has 0 atom stereocenters. The first-order valence-corrected chi connectivity index (χ1v) is 7.24. The second kappa shape index (κ2) is 7.17. The highest BCUT2D eigenvalue weighted by molar-refractivity contribution is 9.10. The fraction of sp³-hybridized carbons (Fsp3) is 0.200. The summed E-state index contributed by atoms with van der Waals surface area (Å²) in [5.74, 6) is -0.312. The van der Waals surface area contributed by atoms with Gasteiger partial charge in [0.15, 0.2) is 0 Å². The van der Waals surface area contributed by atoms with Crippen LogP contribution in [0.3, 0.4) is 0 Å². The average Bonchev–Trinajstić information content (AvgIpc) is 2.91. The van der Waals surface area contributed by atoms with E-state index in [-0.39, 0.29) is 5.82 Å². The molecule has 0 unspecified atom stereocenters. The fourth-order valence-electron chi connectivity index (χ4n) is 1.86. The highest BCUT2D eigenvalue weighted by atomic mass is 79.9. The van der Waals surface area contributed by atoms with Crippen LogP contribution in [0.5, 0.6) is 0 Å². The van der Waals surface area contributed by atoms with Crippen molar-refractivity contribution in [2.45, 2.75) is 13.3 Å². The maximum atomic E-state index is 13.2. The third-order valence-corrected chi connectivity index (χ3v) is 3.53. The quantitative estimate of drug-likeness (QED) is 0.834. The predicted molar refractivity (Wildman–Crippen MR) is 84.6 cm³/mol. The molecule has 0 aliphatic carbocycles. The summed E-state index contributed by atoms with van der Waals surface area (Å²) in [7, 11) is 0. The standard InChI is InChI=1S/C15H15BrFN3O/c1-2-19-8-10(7-18)5-11-9-21-20-15(11)13-4-3-12(17)6-14(13)16/h3-4,6-9H,2,5,18H2,1H3. The van der Waals surface area contributed by atoms with Gasteiger partial charge in [0.05, 0.1) is 0 Å². The molecule has 0 amide bonds. The number of aliphatic imine (C=N–C) groups is 1. The Hall–Kier alpha value is -1.95. The van der Waals surface area contributed by atoms with Gasteiger partial charge in [-0.2, -0.15) is 0 Å². The molecule has 1 aromatic heterocycles. The molecule has 2 aromatic rings. The number of nitrogens with zero attached hydrogens (tertiary/aromatic N) is 2. The number of halogens is 2. The van der Waals surface area contributed by atoms with Crippen LogP contribution in [0.1, 0.15) is 12.5 Å². The van der Waals surface area contributed by atoms with Crippen molar-refractivity contribution in [1.82, 2.24) is 5.16 Å². The summed E-state index contributed by atoms with van der Waals surface area (Å²) >= 11 is 3.34. The van der Waals surface area contributed by atoms with E-state index in [9.17, 15) is 4.39 Å². The number of hydrogen-bond acceptors (Lipinski definition) is 4. The Labute approximate surface area is 130 Å². The summed E-state index contributed by atoms with van der Waals surface area (Å²) in [5.41, 5.74) is 8.75. The number of benzene rings is 1. The van der Waals surface area contributed by atoms with Crippen molar-refractivity contribution in [3.8, 4) is 11.3 Å². The second-order valence-electron chi connectivity index (χ2n) is 4.36. The molecular weight excluding hydrogens is 337 g/mol. The molecule has 0 saturated heterocycles. The van der Waals surface area contributed by atoms with Crippen LogP contribution in [0.25, 0.3) is 11.3 Å². The van der Waals surface area contributed by atoms with Crippen molar-refractivity contribution < 1.29 is 8.91 Å². The van der Waals surface area contributed by atoms with Crippen LogP contribution >= 0.6 is 15.9 Å². The van der Waals surface area contributed by atoms with Crippen molar-refractivity contribution >= 4 is 22.1 Å². The monoisotopic (exact) mass is 351 g/mol. The van der Waals surface area contributed by atoms with Gasteiger partial charge in [0.1, 0.15) is 17.8 Å². The van der Waals surface area contributed by atoms with Gasteiger partial charge in [-0.05, 0) is 52.8 Å². The first kappa shape index (κ1) is 15.4. The van der Waals surface area contributed by atoms with Crippen molar-refractivity contribution in [2.24, 2.45) is 10.7 Å². The Kier molecular flexibility index (Phi) is 5.27. The van der Waals surface area contributed by atoms with Crippen molar-refractivity contribution in [2.75, 3.05) is 6.54 Å². The van der Waals surface area contributed by atoms with Crippen LogP contribution in [0.4, 0.5) is 4.39 Å². The predicted octanol–water partition coefficient (Wildman–Crippen LogP) is 3.72. The van der Waals surface area contributed by atoms with E-state index in [0.29, 0.717) is 23.1 Å². The molecule has 0 spiro atoms. The van der Waals surface area contributed by atoms with E-state index in [1.54, 1.807) is 18.5 Å². The largest absolute Gasteiger partial charge is 0.404 e. The number of nitrogens with two attached hydrogens (primary N) is 1. The molecule has 110 valence electrons. The van der Waals surface area contributed by atoms with Gasteiger partial charge in [-0.3, -0.25) is 4.99 Å². The van der Waals surface area contributed by atoms with E-state index in [1.165, 1.54) is 18.3 Å². The molecule has 2 rings (SSSR count). The normalized spacial score (nSPS) is 12.2. The molecule has 0 radical (unpaired) electrons. The minimum atomic E-state index is -0.312. The van der Waals surface area contributed by atoms with Crippen LogP contribution in [0.15, 0.2) is 50.2 Å². The van der Waals surface area contributed by atoms with Crippen molar-refractivity contribution in [3.05, 3.63) is 52.1 Å². The second-order valence-corrected chi connectivity index (χ2v) is 5.21. The highest BCUT2D eigenvalue weighted by Gasteiger charge is 2.14. The summed E-state index contributed by atoms with van der Waals surface area (Å²) in [4.78, 5) is 4.17. The maximum absolute atomic E-state index is 13.2. The Balaban J connectivity index is 2.32. The molecule has 0 saturated carbocycles. The smallest absolute Gasteiger partial charge is 0.127 e. The Bertz CT molecular complexity index is 679. The SMILES string of the molecule is CCN=CC(=CN)Cc1conc1-c1ccc(F)cc1Br. The van der Waals surface area contributed by atoms with E-state index in [4.69, 9.17) is 10.3 Å². The minimum absolute atomic E-state index is 0.312. The van der Waals surface area contributed by atoms with Gasteiger partial charge in [-0.1, -0.05) is 5.16 Å². The lowest BCUT2D eigenvalue weighted by molar-refractivity contribution is 0.421. The van der Waals surface area contributed by atoms with E-state index in [0.717, 1.165) is 16.7 Å². The van der Waals surface area contributed by atoms with Crippen LogP contribution in [0, 0.1) is 5.82 Å². The summed E-state index contributed by atoms with van der Waals surface area (Å²) < 4.78 is 18.9. The summed E-state index contributed by atoms with van der Waals surface area (Å²) in [6.07, 6.45) is 5.35. The van der Waals surface area contributed by atoms with Gasteiger partial charge in [0.2, 0.25) is 0 Å². The Morgan fingerprint density at radius 3 is 3.00 bits per heavy atom. The molecule has 2 N–H and O–H groups in total. The van der Waals surface area contributed by atoms with Gasteiger partial charge in [-0.15, -0.1) is 0 Å². The Morgan fingerprint density at radius 1 is 1.52 bits per heavy atom. The molecule has 21 heavy (non-hydrogen) atoms. The van der Waals surface area contributed by atoms with E-state index in [1.807, 2.05) is 6.92 Å². The van der Waals surface area contributed by atoms with E-state index < -0.39 is 0 Å². The first-order valence-electron chi connectivity index (χ1n) is 6.45. The summed E-state index contributed by atoms with van der Waals surface area (Å²) in [5, 5.41) is 4.00. The zero-order valence-corrected chi connectivity index (χ0v) is 13.1. The summed E-state index contributed by atoms with van der Waals surface area (Å²) in [6.45, 7) is 2.64. The minimum Gasteiger partial charge on any atom is -0.404 e. The number of aromatic nitrogens is 1. The first-order chi connectivity index (χ1) is 10.2. The van der Waals surface area contributed by atoms with Crippen LogP contribution in [0.2, 0.25) is 0 Å². The van der Waals surface area contributed by atoms with Crippen LogP contribution < -0.4 is 5.73 Å². The maximum Gasteiger partial charge on any atom is 0.127 e. The van der Waals surface area contributed by atoms with Crippen molar-refractivity contribution in [1.29, 1.82) is 0 Å². The highest BCUT2D eigenvalue weighted by Crippen LogP contribution is 2.31. The number of hydrogen-bond donors (Lipinski definition) is 1. The zero-order valence-electron chi connectivity index (χ0n) is 11.5. The van der Waals surface area contributed by atoms with Gasteiger partial charge in [0.25, 0.3) is 0 Å². The van der Waals surface area contributed by atoms with Crippen LogP contribution in [-0.2, 0) is 6.42 Å². The average molecular weight is 352 g/mol. The molecule has 1 aromatic carbocycles. The topological polar surface area (TPSA) is 64.4 Å². The zero-order chi connectivity index (χ0) is 15.2. The van der Waals surface area contributed by atoms with Gasteiger partial charge in [0, 0.05) is 34.8 Å². The third-order valence-electron chi connectivity index (χ3n) is 2.88. The number of rotatable bonds is 5. The molecule has 1 heterocycles. The molecule has 0 bridgehead atoms. The van der Waals surface area contributed by atoms with Gasteiger partial charge >= 0.3 is 0 Å². The van der Waals surface area contributed by atoms with Gasteiger partial charge in [-0.25, -0.2) is 4.39 Å². The van der Waals surface area contributed by atoms with Crippen LogP contribution in [-0.4, -0.2) is 17.9 Å². The lowest BCUT2D eigenvalue weighted by Crippen LogP contribution is -1.98. The molecule has 6 heteroatoms.